The van der Waals surface area contributed by atoms with Crippen LogP contribution in [0.4, 0.5) is 16.5 Å². The lowest BCUT2D eigenvalue weighted by atomic mass is 9.72. The number of amides is 1. The lowest BCUT2D eigenvalue weighted by Gasteiger charge is -2.39. The first-order valence-electron chi connectivity index (χ1n) is 15.2. The van der Waals surface area contributed by atoms with Crippen molar-refractivity contribution in [3.63, 3.8) is 0 Å². The van der Waals surface area contributed by atoms with Crippen LogP contribution in [0.5, 0.6) is 0 Å². The molecule has 3 saturated heterocycles. The highest BCUT2D eigenvalue weighted by atomic mass is 32.1. The van der Waals surface area contributed by atoms with E-state index in [9.17, 15) is 10.1 Å². The van der Waals surface area contributed by atoms with Crippen LogP contribution >= 0.6 is 11.3 Å². The first-order valence-corrected chi connectivity index (χ1v) is 16.0. The zero-order chi connectivity index (χ0) is 29.7. The second-order valence-corrected chi connectivity index (χ2v) is 13.4. The van der Waals surface area contributed by atoms with Crippen molar-refractivity contribution in [1.29, 1.82) is 5.26 Å². The number of rotatable bonds is 5. The number of nitrogens with two attached hydrogens (primary N) is 1. The molecule has 12 heteroatoms. The molecule has 0 bridgehead atoms. The lowest BCUT2D eigenvalue weighted by Crippen LogP contribution is -2.50. The highest BCUT2D eigenvalue weighted by Gasteiger charge is 2.43. The van der Waals surface area contributed by atoms with Crippen LogP contribution < -0.4 is 15.5 Å². The molecule has 43 heavy (non-hydrogen) atoms. The number of thiophene rings is 1. The predicted octanol–water partition coefficient (Wildman–Crippen LogP) is 3.41. The number of carbonyl (C=O) groups is 1. The third-order valence-electron chi connectivity index (χ3n) is 9.72. The number of nitrogens with zero attached hydrogens (tertiary/aromatic N) is 8. The normalized spacial score (nSPS) is 24.0. The summed E-state index contributed by atoms with van der Waals surface area (Å²) in [5.74, 6) is 1.81. The van der Waals surface area contributed by atoms with Crippen molar-refractivity contribution in [3.05, 3.63) is 46.7 Å². The summed E-state index contributed by atoms with van der Waals surface area (Å²) >= 11 is 1.50. The van der Waals surface area contributed by atoms with Gasteiger partial charge in [-0.3, -0.25) is 9.69 Å². The van der Waals surface area contributed by atoms with Gasteiger partial charge in [0.15, 0.2) is 0 Å². The SMILES string of the molecule is C=CC(=O)N1CCN(c2cc(-c3noc(C4(C)CCCc5sc(N)c(C#N)c54)n3)nc(N3CCN4CCC[C@H]4C3)c2)CC1. The Morgan fingerprint density at radius 2 is 1.98 bits per heavy atom. The number of nitriles is 1. The number of anilines is 3. The van der Waals surface area contributed by atoms with Gasteiger partial charge in [-0.1, -0.05) is 11.7 Å². The fourth-order valence-electron chi connectivity index (χ4n) is 7.34. The standard InChI is InChI=1S/C31H37N9O2S/c1-3-26(41)39-13-10-38(11-14-39)21-16-23(34-25(17-21)40-15-12-37-9-5-6-20(37)19-40)29-35-30(42-36-29)31(2)8-4-7-24-27(31)22(18-32)28(33)43-24/h3,16-17,20H,1,4-15,19,33H2,2H3/t20-,31?/m0/s1. The van der Waals surface area contributed by atoms with Crippen LogP contribution in [0.15, 0.2) is 29.3 Å². The Labute approximate surface area is 255 Å². The monoisotopic (exact) mass is 599 g/mol. The van der Waals surface area contributed by atoms with Gasteiger partial charge < -0.3 is 25.0 Å². The van der Waals surface area contributed by atoms with Crippen LogP contribution in [0.3, 0.4) is 0 Å². The number of aryl methyl sites for hydroxylation is 1. The van der Waals surface area contributed by atoms with Crippen molar-refractivity contribution in [2.45, 2.75) is 50.5 Å². The first-order chi connectivity index (χ1) is 20.9. The van der Waals surface area contributed by atoms with Gasteiger partial charge in [0.1, 0.15) is 22.6 Å². The van der Waals surface area contributed by atoms with Crippen LogP contribution in [0.2, 0.25) is 0 Å². The van der Waals surface area contributed by atoms with E-state index < -0.39 is 5.41 Å². The van der Waals surface area contributed by atoms with Crippen LogP contribution in [-0.4, -0.2) is 89.2 Å². The number of nitrogen functional groups attached to an aromatic ring is 1. The molecule has 1 amide bonds. The third-order valence-corrected chi connectivity index (χ3v) is 10.8. The van der Waals surface area contributed by atoms with E-state index in [0.717, 1.165) is 60.8 Å². The summed E-state index contributed by atoms with van der Waals surface area (Å²) in [4.78, 5) is 32.5. The van der Waals surface area contributed by atoms with Crippen LogP contribution in [-0.2, 0) is 16.6 Å². The van der Waals surface area contributed by atoms with Gasteiger partial charge in [0, 0.05) is 74.0 Å². The lowest BCUT2D eigenvalue weighted by molar-refractivity contribution is -0.126. The Kier molecular flexibility index (Phi) is 7.10. The molecule has 2 atom stereocenters. The van der Waals surface area contributed by atoms with Crippen molar-refractivity contribution in [3.8, 4) is 17.6 Å². The molecule has 3 fully saturated rings. The van der Waals surface area contributed by atoms with Gasteiger partial charge in [0.25, 0.3) is 0 Å². The molecule has 6 heterocycles. The summed E-state index contributed by atoms with van der Waals surface area (Å²) in [6.45, 7) is 12.5. The Hall–Kier alpha value is -3.95. The Morgan fingerprint density at radius 1 is 1.16 bits per heavy atom. The van der Waals surface area contributed by atoms with Gasteiger partial charge in [-0.05, 0) is 57.7 Å². The molecule has 1 aliphatic carbocycles. The van der Waals surface area contributed by atoms with Crippen molar-refractivity contribution in [2.24, 2.45) is 0 Å². The van der Waals surface area contributed by atoms with Gasteiger partial charge in [0.05, 0.1) is 11.0 Å². The Bertz CT molecular complexity index is 1600. The molecular weight excluding hydrogens is 562 g/mol. The molecule has 11 nitrogen and oxygen atoms in total. The fourth-order valence-corrected chi connectivity index (χ4v) is 8.53. The van der Waals surface area contributed by atoms with Gasteiger partial charge in [0.2, 0.25) is 17.6 Å². The molecule has 1 unspecified atom stereocenters. The highest BCUT2D eigenvalue weighted by Crippen LogP contribution is 2.48. The van der Waals surface area contributed by atoms with E-state index in [0.29, 0.717) is 60.2 Å². The van der Waals surface area contributed by atoms with Gasteiger partial charge in [-0.25, -0.2) is 4.98 Å². The van der Waals surface area contributed by atoms with E-state index in [1.807, 2.05) is 11.0 Å². The smallest absolute Gasteiger partial charge is 0.246 e. The van der Waals surface area contributed by atoms with Crippen molar-refractivity contribution >= 4 is 33.8 Å². The number of hydrogen-bond donors (Lipinski definition) is 1. The predicted molar refractivity (Wildman–Crippen MR) is 166 cm³/mol. The number of fused-ring (bicyclic) bond motifs is 2. The topological polar surface area (TPSA) is 132 Å². The summed E-state index contributed by atoms with van der Waals surface area (Å²) in [7, 11) is 0. The summed E-state index contributed by atoms with van der Waals surface area (Å²) in [5, 5.41) is 14.9. The molecule has 3 aliphatic heterocycles. The minimum absolute atomic E-state index is 0.0317. The summed E-state index contributed by atoms with van der Waals surface area (Å²) in [6.07, 6.45) is 6.50. The number of piperazine rings is 2. The molecule has 7 rings (SSSR count). The largest absolute Gasteiger partial charge is 0.389 e. The molecule has 3 aromatic rings. The molecule has 4 aliphatic rings. The molecule has 0 saturated carbocycles. The number of aromatic nitrogens is 3. The second kappa shape index (κ2) is 11.0. The van der Waals surface area contributed by atoms with Crippen molar-refractivity contribution in [1.82, 2.24) is 24.9 Å². The van der Waals surface area contributed by atoms with Crippen LogP contribution in [0.1, 0.15) is 54.5 Å². The van der Waals surface area contributed by atoms with E-state index in [-0.39, 0.29) is 5.91 Å². The van der Waals surface area contributed by atoms with Crippen LogP contribution in [0.25, 0.3) is 11.5 Å². The summed E-state index contributed by atoms with van der Waals surface area (Å²) in [5.41, 5.74) is 8.82. The minimum atomic E-state index is -0.592. The quantitative estimate of drug-likeness (QED) is 0.435. The van der Waals surface area contributed by atoms with Gasteiger partial charge >= 0.3 is 0 Å². The molecule has 3 aromatic heterocycles. The summed E-state index contributed by atoms with van der Waals surface area (Å²) < 4.78 is 5.97. The van der Waals surface area contributed by atoms with Crippen molar-refractivity contribution in [2.75, 3.05) is 67.9 Å². The Morgan fingerprint density at radius 3 is 2.77 bits per heavy atom. The maximum Gasteiger partial charge on any atom is 0.246 e. The van der Waals surface area contributed by atoms with Gasteiger partial charge in [-0.2, -0.15) is 10.2 Å². The molecular formula is C31H37N9O2S. The van der Waals surface area contributed by atoms with E-state index in [2.05, 4.69) is 45.5 Å². The van der Waals surface area contributed by atoms with Gasteiger partial charge in [-0.15, -0.1) is 11.3 Å². The van der Waals surface area contributed by atoms with E-state index >= 15 is 0 Å². The summed E-state index contributed by atoms with van der Waals surface area (Å²) in [6, 6.07) is 7.08. The highest BCUT2D eigenvalue weighted by molar-refractivity contribution is 7.16. The molecule has 0 aromatic carbocycles. The van der Waals surface area contributed by atoms with E-state index in [4.69, 9.17) is 20.2 Å². The number of pyridine rings is 1. The zero-order valence-electron chi connectivity index (χ0n) is 24.6. The minimum Gasteiger partial charge on any atom is -0.389 e. The number of carbonyl (C=O) groups excluding carboxylic acids is 1. The zero-order valence-corrected chi connectivity index (χ0v) is 25.4. The maximum atomic E-state index is 12.2. The molecule has 2 N–H and O–H groups in total. The second-order valence-electron chi connectivity index (χ2n) is 12.2. The fraction of sp³-hybridized carbons (Fsp3) is 0.516. The first kappa shape index (κ1) is 27.9. The molecule has 224 valence electrons. The Balaban J connectivity index is 1.24. The molecule has 0 spiro atoms. The maximum absolute atomic E-state index is 12.2. The van der Waals surface area contributed by atoms with Crippen molar-refractivity contribution < 1.29 is 9.32 Å². The average Bonchev–Trinajstić information content (AvgIpc) is 3.79. The third kappa shape index (κ3) is 4.84. The number of hydrogen-bond acceptors (Lipinski definition) is 11. The average molecular weight is 600 g/mol. The van der Waals surface area contributed by atoms with Crippen LogP contribution in [0, 0.1) is 11.3 Å². The van der Waals surface area contributed by atoms with E-state index in [1.165, 1.54) is 36.8 Å². The van der Waals surface area contributed by atoms with E-state index in [1.54, 1.807) is 0 Å². The molecule has 0 radical (unpaired) electrons.